The van der Waals surface area contributed by atoms with Gasteiger partial charge in [0.1, 0.15) is 15.6 Å². The van der Waals surface area contributed by atoms with Crippen LogP contribution in [0, 0.1) is 0 Å². The van der Waals surface area contributed by atoms with Gasteiger partial charge in [-0.2, -0.15) is 0 Å². The minimum atomic E-state index is -2.90. The zero-order valence-corrected chi connectivity index (χ0v) is 12.1. The summed E-state index contributed by atoms with van der Waals surface area (Å²) in [6, 6.07) is 1.93. The van der Waals surface area contributed by atoms with Gasteiger partial charge in [0.25, 0.3) is 0 Å². The second-order valence-electron chi connectivity index (χ2n) is 4.52. The standard InChI is InChI=1S/C12H22N2O3S/c1-4-13-9-12-11(5-7-17-12)10-14(2)6-8-18(3,15)16/h5,7,13H,4,6,8-10H2,1-3H3. The minimum absolute atomic E-state index is 0.184. The molecular weight excluding hydrogens is 252 g/mol. The molecule has 0 radical (unpaired) electrons. The Hall–Kier alpha value is -0.850. The predicted octanol–water partition coefficient (Wildman–Crippen LogP) is 0.866. The van der Waals surface area contributed by atoms with Gasteiger partial charge in [-0.1, -0.05) is 6.92 Å². The molecule has 0 unspecified atom stereocenters. The Balaban J connectivity index is 2.48. The summed E-state index contributed by atoms with van der Waals surface area (Å²) in [6.45, 7) is 4.88. The van der Waals surface area contributed by atoms with E-state index in [9.17, 15) is 8.42 Å². The molecular formula is C12H22N2O3S. The van der Waals surface area contributed by atoms with Crippen LogP contribution in [0.2, 0.25) is 0 Å². The molecule has 6 heteroatoms. The van der Waals surface area contributed by atoms with Crippen molar-refractivity contribution in [2.75, 3.05) is 32.1 Å². The van der Waals surface area contributed by atoms with E-state index in [-0.39, 0.29) is 5.75 Å². The normalized spacial score (nSPS) is 12.2. The van der Waals surface area contributed by atoms with Crippen molar-refractivity contribution in [2.24, 2.45) is 0 Å². The van der Waals surface area contributed by atoms with Crippen LogP contribution in [0.25, 0.3) is 0 Å². The van der Waals surface area contributed by atoms with Gasteiger partial charge in [0.2, 0.25) is 0 Å². The lowest BCUT2D eigenvalue weighted by molar-refractivity contribution is 0.341. The zero-order valence-electron chi connectivity index (χ0n) is 11.3. The first-order chi connectivity index (χ1) is 8.42. The SMILES string of the molecule is CCNCc1occc1CN(C)CCS(C)(=O)=O. The third-order valence-corrected chi connectivity index (χ3v) is 3.58. The second kappa shape index (κ2) is 6.92. The maximum Gasteiger partial charge on any atom is 0.148 e. The summed E-state index contributed by atoms with van der Waals surface area (Å²) >= 11 is 0. The highest BCUT2D eigenvalue weighted by molar-refractivity contribution is 7.90. The third kappa shape index (κ3) is 5.66. The lowest BCUT2D eigenvalue weighted by atomic mass is 10.2. The van der Waals surface area contributed by atoms with E-state index in [0.29, 0.717) is 19.6 Å². The average Bonchev–Trinajstić information content (AvgIpc) is 2.70. The fourth-order valence-corrected chi connectivity index (χ4v) is 2.24. The molecule has 0 atom stereocenters. The number of furan rings is 1. The van der Waals surface area contributed by atoms with Crippen LogP contribution in [0.15, 0.2) is 16.7 Å². The molecule has 0 saturated carbocycles. The Morgan fingerprint density at radius 2 is 2.17 bits per heavy atom. The summed E-state index contributed by atoms with van der Waals surface area (Å²) in [7, 11) is -0.988. The molecule has 0 spiro atoms. The van der Waals surface area contributed by atoms with E-state index in [2.05, 4.69) is 5.32 Å². The minimum Gasteiger partial charge on any atom is -0.468 e. The highest BCUT2D eigenvalue weighted by atomic mass is 32.2. The Morgan fingerprint density at radius 3 is 2.78 bits per heavy atom. The van der Waals surface area contributed by atoms with Crippen LogP contribution < -0.4 is 5.32 Å². The van der Waals surface area contributed by atoms with E-state index < -0.39 is 9.84 Å². The third-order valence-electron chi connectivity index (χ3n) is 2.66. The average molecular weight is 274 g/mol. The molecule has 0 aliphatic heterocycles. The molecule has 1 aromatic heterocycles. The zero-order chi connectivity index (χ0) is 13.6. The Bertz CT molecular complexity index is 454. The number of hydrogen-bond acceptors (Lipinski definition) is 5. The Labute approximate surface area is 109 Å². The molecule has 0 aromatic carbocycles. The summed E-state index contributed by atoms with van der Waals surface area (Å²) in [5.41, 5.74) is 1.10. The van der Waals surface area contributed by atoms with E-state index in [4.69, 9.17) is 4.42 Å². The van der Waals surface area contributed by atoms with Gasteiger partial charge in [0.05, 0.1) is 18.6 Å². The summed E-state index contributed by atoms with van der Waals surface area (Å²) in [4.78, 5) is 1.99. The van der Waals surface area contributed by atoms with Gasteiger partial charge in [-0.05, 0) is 19.7 Å². The van der Waals surface area contributed by atoms with Crippen LogP contribution in [0.1, 0.15) is 18.2 Å². The largest absolute Gasteiger partial charge is 0.468 e. The molecule has 0 amide bonds. The molecule has 1 aromatic rings. The number of nitrogens with zero attached hydrogens (tertiary/aromatic N) is 1. The maximum absolute atomic E-state index is 11.1. The van der Waals surface area contributed by atoms with Gasteiger partial charge < -0.3 is 14.6 Å². The molecule has 0 saturated heterocycles. The number of hydrogen-bond donors (Lipinski definition) is 1. The van der Waals surface area contributed by atoms with E-state index >= 15 is 0 Å². The monoisotopic (exact) mass is 274 g/mol. The first-order valence-electron chi connectivity index (χ1n) is 6.04. The lowest BCUT2D eigenvalue weighted by Gasteiger charge is -2.15. The second-order valence-corrected chi connectivity index (χ2v) is 6.78. The highest BCUT2D eigenvalue weighted by Gasteiger charge is 2.10. The highest BCUT2D eigenvalue weighted by Crippen LogP contribution is 2.12. The number of rotatable bonds is 8. The smallest absolute Gasteiger partial charge is 0.148 e. The summed E-state index contributed by atoms with van der Waals surface area (Å²) in [5, 5.41) is 3.21. The Morgan fingerprint density at radius 1 is 1.44 bits per heavy atom. The van der Waals surface area contributed by atoms with Gasteiger partial charge >= 0.3 is 0 Å². The van der Waals surface area contributed by atoms with Crippen molar-refractivity contribution in [3.05, 3.63) is 23.7 Å². The van der Waals surface area contributed by atoms with Crippen molar-refractivity contribution < 1.29 is 12.8 Å². The van der Waals surface area contributed by atoms with Crippen molar-refractivity contribution in [1.29, 1.82) is 0 Å². The fourth-order valence-electron chi connectivity index (χ4n) is 1.59. The van der Waals surface area contributed by atoms with E-state index in [1.54, 1.807) is 6.26 Å². The number of nitrogens with one attached hydrogen (secondary N) is 1. The van der Waals surface area contributed by atoms with E-state index in [1.807, 2.05) is 24.9 Å². The maximum atomic E-state index is 11.1. The lowest BCUT2D eigenvalue weighted by Crippen LogP contribution is -2.25. The summed E-state index contributed by atoms with van der Waals surface area (Å²) < 4.78 is 27.6. The molecule has 1 rings (SSSR count). The topological polar surface area (TPSA) is 62.6 Å². The van der Waals surface area contributed by atoms with Crippen molar-refractivity contribution in [3.63, 3.8) is 0 Å². The van der Waals surface area contributed by atoms with Crippen LogP contribution in [0.4, 0.5) is 0 Å². The van der Waals surface area contributed by atoms with Gasteiger partial charge in [-0.25, -0.2) is 8.42 Å². The van der Waals surface area contributed by atoms with Gasteiger partial charge in [-0.15, -0.1) is 0 Å². The summed E-state index contributed by atoms with van der Waals surface area (Å²) in [6.07, 6.45) is 2.93. The van der Waals surface area contributed by atoms with Crippen molar-refractivity contribution in [1.82, 2.24) is 10.2 Å². The van der Waals surface area contributed by atoms with Crippen LogP contribution in [-0.4, -0.2) is 45.5 Å². The van der Waals surface area contributed by atoms with Crippen molar-refractivity contribution >= 4 is 9.84 Å². The van der Waals surface area contributed by atoms with Gasteiger partial charge in [-0.3, -0.25) is 0 Å². The summed E-state index contributed by atoms with van der Waals surface area (Å²) in [5.74, 6) is 1.10. The van der Waals surface area contributed by atoms with Crippen LogP contribution >= 0.6 is 0 Å². The van der Waals surface area contributed by atoms with Gasteiger partial charge in [0.15, 0.2) is 0 Å². The van der Waals surface area contributed by atoms with Crippen LogP contribution in [-0.2, 0) is 22.9 Å². The fraction of sp³-hybridized carbons (Fsp3) is 0.667. The molecule has 0 aliphatic carbocycles. The quantitative estimate of drug-likeness (QED) is 0.762. The van der Waals surface area contributed by atoms with E-state index in [1.165, 1.54) is 6.26 Å². The molecule has 5 nitrogen and oxygen atoms in total. The molecule has 1 N–H and O–H groups in total. The molecule has 18 heavy (non-hydrogen) atoms. The van der Waals surface area contributed by atoms with Gasteiger partial charge in [0, 0.05) is 24.9 Å². The molecule has 0 aliphatic rings. The van der Waals surface area contributed by atoms with Crippen molar-refractivity contribution in [3.8, 4) is 0 Å². The number of sulfone groups is 1. The van der Waals surface area contributed by atoms with E-state index in [0.717, 1.165) is 17.9 Å². The van der Waals surface area contributed by atoms with Crippen molar-refractivity contribution in [2.45, 2.75) is 20.0 Å². The van der Waals surface area contributed by atoms with Crippen LogP contribution in [0.5, 0.6) is 0 Å². The first-order valence-corrected chi connectivity index (χ1v) is 8.10. The molecule has 0 bridgehead atoms. The van der Waals surface area contributed by atoms with Crippen LogP contribution in [0.3, 0.4) is 0 Å². The first kappa shape index (κ1) is 15.2. The molecule has 1 heterocycles. The molecule has 104 valence electrons. The Kier molecular flexibility index (Phi) is 5.84. The molecule has 0 fully saturated rings. The predicted molar refractivity (Wildman–Crippen MR) is 72.1 cm³/mol.